The van der Waals surface area contributed by atoms with E-state index in [0.29, 0.717) is 5.16 Å². The lowest BCUT2D eigenvalue weighted by Gasteiger charge is -2.06. The minimum absolute atomic E-state index is 0.0507. The third kappa shape index (κ3) is 4.31. The summed E-state index contributed by atoms with van der Waals surface area (Å²) in [6.45, 7) is 5.94. The zero-order valence-electron chi connectivity index (χ0n) is 13.1. The third-order valence-electron chi connectivity index (χ3n) is 3.31. The Bertz CT molecular complexity index is 738. The summed E-state index contributed by atoms with van der Waals surface area (Å²) in [7, 11) is 0. The van der Waals surface area contributed by atoms with Crippen LogP contribution in [0.4, 0.5) is 0 Å². The van der Waals surface area contributed by atoms with Gasteiger partial charge in [-0.05, 0) is 31.9 Å². The van der Waals surface area contributed by atoms with E-state index in [9.17, 15) is 9.59 Å². The summed E-state index contributed by atoms with van der Waals surface area (Å²) in [5.41, 5.74) is 3.38. The molecular weight excluding hydrogens is 296 g/mol. The zero-order valence-corrected chi connectivity index (χ0v) is 13.9. The number of hydrogen-bond donors (Lipinski definition) is 1. The Morgan fingerprint density at radius 1 is 1.27 bits per heavy atom. The maximum atomic E-state index is 12.3. The van der Waals surface area contributed by atoms with E-state index in [1.54, 1.807) is 0 Å². The van der Waals surface area contributed by atoms with Crippen LogP contribution in [0.5, 0.6) is 0 Å². The largest absolute Gasteiger partial charge is 0.301 e. The molecule has 4 nitrogen and oxygen atoms in total. The molecule has 1 aromatic heterocycles. The van der Waals surface area contributed by atoms with E-state index in [-0.39, 0.29) is 17.1 Å². The Balaban J connectivity index is 2.11. The first-order chi connectivity index (χ1) is 10.5. The number of hydrogen-bond acceptors (Lipinski definition) is 4. The Labute approximate surface area is 134 Å². The van der Waals surface area contributed by atoms with Gasteiger partial charge in [0, 0.05) is 17.3 Å². The molecule has 1 N–H and O–H groups in total. The molecule has 0 fully saturated rings. The topological polar surface area (TPSA) is 62.8 Å². The number of aromatic amines is 1. The smallest absolute Gasteiger partial charge is 0.251 e. The van der Waals surface area contributed by atoms with E-state index >= 15 is 0 Å². The zero-order chi connectivity index (χ0) is 16.1. The maximum Gasteiger partial charge on any atom is 0.251 e. The lowest BCUT2D eigenvalue weighted by atomic mass is 10.0. The van der Waals surface area contributed by atoms with Crippen LogP contribution in [0, 0.1) is 13.8 Å². The molecule has 0 bridgehead atoms. The summed E-state index contributed by atoms with van der Waals surface area (Å²) in [6.07, 6.45) is 1.70. The number of benzene rings is 1. The van der Waals surface area contributed by atoms with Crippen LogP contribution in [-0.4, -0.2) is 21.5 Å². The van der Waals surface area contributed by atoms with Crippen molar-refractivity contribution < 1.29 is 4.79 Å². The van der Waals surface area contributed by atoms with E-state index < -0.39 is 0 Å². The van der Waals surface area contributed by atoms with Crippen LogP contribution in [0.1, 0.15) is 40.5 Å². The molecule has 1 aromatic carbocycles. The molecule has 2 rings (SSSR count). The van der Waals surface area contributed by atoms with Gasteiger partial charge in [-0.2, -0.15) is 0 Å². The number of nitrogens with one attached hydrogen (secondary N) is 1. The van der Waals surface area contributed by atoms with Gasteiger partial charge in [0.15, 0.2) is 10.9 Å². The first-order valence-corrected chi connectivity index (χ1v) is 8.31. The van der Waals surface area contributed by atoms with Crippen molar-refractivity contribution in [2.75, 3.05) is 5.75 Å². The molecule has 0 saturated carbocycles. The molecule has 0 aliphatic heterocycles. The standard InChI is InChI=1S/C17H20N2O2S/c1-4-5-13-9-16(21)19-17(18-13)22-10-15(20)14-8-11(2)6-7-12(14)3/h6-9H,4-5,10H2,1-3H3,(H,18,19,21). The number of ketones is 1. The van der Waals surface area contributed by atoms with Crippen molar-refractivity contribution in [1.82, 2.24) is 9.97 Å². The van der Waals surface area contributed by atoms with Crippen molar-refractivity contribution >= 4 is 17.5 Å². The molecule has 0 aliphatic rings. The van der Waals surface area contributed by atoms with Gasteiger partial charge in [-0.1, -0.05) is 42.8 Å². The fraction of sp³-hybridized carbons (Fsp3) is 0.353. The van der Waals surface area contributed by atoms with Crippen LogP contribution < -0.4 is 5.56 Å². The molecule has 0 radical (unpaired) electrons. The predicted octanol–water partition coefficient (Wildman–Crippen LogP) is 3.31. The van der Waals surface area contributed by atoms with E-state index in [1.165, 1.54) is 17.8 Å². The molecule has 1 heterocycles. The second-order valence-corrected chi connectivity index (χ2v) is 6.29. The second kappa shape index (κ2) is 7.40. The van der Waals surface area contributed by atoms with Crippen LogP contribution in [0.3, 0.4) is 0 Å². The highest BCUT2D eigenvalue weighted by atomic mass is 32.2. The lowest BCUT2D eigenvalue weighted by molar-refractivity contribution is 0.102. The number of thioether (sulfide) groups is 1. The normalized spacial score (nSPS) is 10.7. The SMILES string of the molecule is CCCc1cc(=O)[nH]c(SCC(=O)c2cc(C)ccc2C)n1. The van der Waals surface area contributed by atoms with Gasteiger partial charge in [0.05, 0.1) is 5.75 Å². The summed E-state index contributed by atoms with van der Waals surface area (Å²) in [6, 6.07) is 7.36. The van der Waals surface area contributed by atoms with Crippen LogP contribution in [0.15, 0.2) is 34.2 Å². The van der Waals surface area contributed by atoms with Crippen molar-refractivity contribution in [3.63, 3.8) is 0 Å². The molecular formula is C17H20N2O2S. The monoisotopic (exact) mass is 316 g/mol. The Hall–Kier alpha value is -1.88. The van der Waals surface area contributed by atoms with Crippen molar-refractivity contribution in [3.05, 3.63) is 57.0 Å². The number of aryl methyl sites for hydroxylation is 3. The molecule has 116 valence electrons. The predicted molar refractivity (Wildman–Crippen MR) is 89.8 cm³/mol. The highest BCUT2D eigenvalue weighted by molar-refractivity contribution is 7.99. The Morgan fingerprint density at radius 2 is 2.05 bits per heavy atom. The first kappa shape index (κ1) is 16.5. The van der Waals surface area contributed by atoms with Gasteiger partial charge in [-0.15, -0.1) is 0 Å². The summed E-state index contributed by atoms with van der Waals surface area (Å²) in [5.74, 6) is 0.317. The fourth-order valence-electron chi connectivity index (χ4n) is 2.18. The van der Waals surface area contributed by atoms with Crippen LogP contribution in [0.25, 0.3) is 0 Å². The van der Waals surface area contributed by atoms with Gasteiger partial charge >= 0.3 is 0 Å². The molecule has 0 aliphatic carbocycles. The second-order valence-electron chi connectivity index (χ2n) is 5.32. The van der Waals surface area contributed by atoms with Crippen LogP contribution in [-0.2, 0) is 6.42 Å². The molecule has 5 heteroatoms. The quantitative estimate of drug-likeness (QED) is 0.504. The van der Waals surface area contributed by atoms with Crippen LogP contribution in [0.2, 0.25) is 0 Å². The van der Waals surface area contributed by atoms with Crippen molar-refractivity contribution in [2.45, 2.75) is 38.8 Å². The van der Waals surface area contributed by atoms with Gasteiger partial charge in [0.2, 0.25) is 0 Å². The number of carbonyl (C=O) groups is 1. The number of carbonyl (C=O) groups excluding carboxylic acids is 1. The summed E-state index contributed by atoms with van der Waals surface area (Å²) in [4.78, 5) is 31.0. The molecule has 0 amide bonds. The molecule has 0 saturated heterocycles. The number of Topliss-reactive ketones (excluding diaryl/α,β-unsaturated/α-hetero) is 1. The average molecular weight is 316 g/mol. The average Bonchev–Trinajstić information content (AvgIpc) is 2.47. The molecule has 22 heavy (non-hydrogen) atoms. The minimum atomic E-state index is -0.167. The highest BCUT2D eigenvalue weighted by Crippen LogP contribution is 2.17. The highest BCUT2D eigenvalue weighted by Gasteiger charge is 2.11. The molecule has 2 aromatic rings. The van der Waals surface area contributed by atoms with Gasteiger partial charge in [0.25, 0.3) is 5.56 Å². The summed E-state index contributed by atoms with van der Waals surface area (Å²) >= 11 is 1.28. The van der Waals surface area contributed by atoms with Gasteiger partial charge in [-0.3, -0.25) is 9.59 Å². The van der Waals surface area contributed by atoms with E-state index in [1.807, 2.05) is 39.0 Å². The summed E-state index contributed by atoms with van der Waals surface area (Å²) in [5, 5.41) is 0.509. The Morgan fingerprint density at radius 3 is 2.77 bits per heavy atom. The molecule has 0 atom stereocenters. The third-order valence-corrected chi connectivity index (χ3v) is 4.19. The number of aromatic nitrogens is 2. The molecule has 0 spiro atoms. The van der Waals surface area contributed by atoms with Crippen molar-refractivity contribution in [3.8, 4) is 0 Å². The van der Waals surface area contributed by atoms with E-state index in [4.69, 9.17) is 0 Å². The Kier molecular flexibility index (Phi) is 5.55. The van der Waals surface area contributed by atoms with E-state index in [2.05, 4.69) is 9.97 Å². The summed E-state index contributed by atoms with van der Waals surface area (Å²) < 4.78 is 0. The van der Waals surface area contributed by atoms with Crippen LogP contribution >= 0.6 is 11.8 Å². The number of rotatable bonds is 6. The lowest BCUT2D eigenvalue weighted by Crippen LogP contribution is -2.11. The van der Waals surface area contributed by atoms with Crippen molar-refractivity contribution in [2.24, 2.45) is 0 Å². The maximum absolute atomic E-state index is 12.3. The van der Waals surface area contributed by atoms with Gasteiger partial charge < -0.3 is 4.98 Å². The van der Waals surface area contributed by atoms with E-state index in [0.717, 1.165) is 35.2 Å². The fourth-order valence-corrected chi connectivity index (χ4v) is 2.96. The first-order valence-electron chi connectivity index (χ1n) is 7.33. The number of nitrogens with zero attached hydrogens (tertiary/aromatic N) is 1. The van der Waals surface area contributed by atoms with Crippen molar-refractivity contribution in [1.29, 1.82) is 0 Å². The van der Waals surface area contributed by atoms with Gasteiger partial charge in [0.1, 0.15) is 0 Å². The van der Waals surface area contributed by atoms with Gasteiger partial charge in [-0.25, -0.2) is 4.98 Å². The molecule has 0 unspecified atom stereocenters. The number of H-pyrrole nitrogens is 1. The minimum Gasteiger partial charge on any atom is -0.301 e.